The number of allylic oxidation sites excluding steroid dienone is 1. The predicted octanol–water partition coefficient (Wildman–Crippen LogP) is 3.21. The van der Waals surface area contributed by atoms with Gasteiger partial charge in [0.05, 0.1) is 22.7 Å². The number of cyclic esters (lactones) is 1. The summed E-state index contributed by atoms with van der Waals surface area (Å²) in [5, 5.41) is 11.6. The molecule has 3 rings (SSSR count). The van der Waals surface area contributed by atoms with Gasteiger partial charge in [0.1, 0.15) is 11.9 Å². The van der Waals surface area contributed by atoms with Gasteiger partial charge in [0, 0.05) is 39.1 Å². The van der Waals surface area contributed by atoms with E-state index >= 15 is 0 Å². The summed E-state index contributed by atoms with van der Waals surface area (Å²) in [4.78, 5) is 14.8. The lowest BCUT2D eigenvalue weighted by molar-refractivity contribution is -0.142. The molecule has 0 aliphatic carbocycles. The van der Waals surface area contributed by atoms with Gasteiger partial charge in [0.2, 0.25) is 0 Å². The van der Waals surface area contributed by atoms with Crippen molar-refractivity contribution in [2.75, 3.05) is 25.0 Å². The van der Waals surface area contributed by atoms with Crippen LogP contribution in [0.25, 0.3) is 0 Å². The highest BCUT2D eigenvalue weighted by Crippen LogP contribution is 2.35. The summed E-state index contributed by atoms with van der Waals surface area (Å²) >= 11 is 5.13. The quantitative estimate of drug-likeness (QED) is 0.486. The summed E-state index contributed by atoms with van der Waals surface area (Å²) in [6.07, 6.45) is 3.83. The van der Waals surface area contributed by atoms with E-state index in [9.17, 15) is 9.18 Å². The number of nitrogens with one attached hydrogen (secondary N) is 1. The molecule has 1 aromatic rings. The number of nitrogens with zero attached hydrogens (tertiary/aromatic N) is 2. The van der Waals surface area contributed by atoms with Gasteiger partial charge in [-0.3, -0.25) is 4.79 Å². The summed E-state index contributed by atoms with van der Waals surface area (Å²) in [5.41, 5.74) is 2.28. The molecule has 2 atom stereocenters. The van der Waals surface area contributed by atoms with Crippen molar-refractivity contribution in [1.29, 1.82) is 5.26 Å². The standard InChI is InChI=1S/C20H22FN3O2S/c1-23-19(27)12-15-11-16(20(25)26-15)14-2-3-18(17(21)10-14)24-8-5-13(4-7-22)6-9-24/h2-4,10,15-16H,5-6,8-9,11-12H2,1H3,(H,23,27)/t15-,16?/m0/s1. The van der Waals surface area contributed by atoms with E-state index in [1.165, 1.54) is 6.07 Å². The molecule has 27 heavy (non-hydrogen) atoms. The normalized spacial score (nSPS) is 22.2. The smallest absolute Gasteiger partial charge is 0.313 e. The Balaban J connectivity index is 1.68. The molecule has 0 radical (unpaired) electrons. The fourth-order valence-corrected chi connectivity index (χ4v) is 3.81. The number of carbonyl (C=O) groups is 1. The Morgan fingerprint density at radius 1 is 1.48 bits per heavy atom. The number of piperidine rings is 1. The number of nitriles is 1. The van der Waals surface area contributed by atoms with E-state index in [2.05, 4.69) is 11.4 Å². The second-order valence-corrected chi connectivity index (χ2v) is 7.35. The van der Waals surface area contributed by atoms with Crippen LogP contribution in [-0.2, 0) is 9.53 Å². The minimum Gasteiger partial charge on any atom is -0.461 e. The first-order chi connectivity index (χ1) is 13.0. The van der Waals surface area contributed by atoms with Gasteiger partial charge >= 0.3 is 5.97 Å². The zero-order valence-electron chi connectivity index (χ0n) is 15.2. The van der Waals surface area contributed by atoms with E-state index in [0.717, 1.165) is 18.4 Å². The third kappa shape index (κ3) is 4.45. The highest BCUT2D eigenvalue weighted by atomic mass is 32.1. The van der Waals surface area contributed by atoms with Crippen molar-refractivity contribution in [2.45, 2.75) is 37.7 Å². The predicted molar refractivity (Wildman–Crippen MR) is 105 cm³/mol. The number of benzene rings is 1. The molecular formula is C20H22FN3O2S. The topological polar surface area (TPSA) is 65.4 Å². The molecule has 5 nitrogen and oxygen atoms in total. The summed E-state index contributed by atoms with van der Waals surface area (Å²) < 4.78 is 20.1. The van der Waals surface area contributed by atoms with Crippen molar-refractivity contribution in [3.63, 3.8) is 0 Å². The molecule has 0 spiro atoms. The Hall–Kier alpha value is -2.46. The number of ether oxygens (including phenoxy) is 1. The van der Waals surface area contributed by atoms with E-state index in [-0.39, 0.29) is 17.9 Å². The second kappa shape index (κ2) is 8.49. The number of thiocarbonyl (C=S) groups is 1. The molecule has 1 N–H and O–H groups in total. The molecule has 0 bridgehead atoms. The average molecular weight is 387 g/mol. The van der Waals surface area contributed by atoms with E-state index in [0.29, 0.717) is 42.2 Å². The summed E-state index contributed by atoms with van der Waals surface area (Å²) in [5.74, 6) is -1.11. The van der Waals surface area contributed by atoms with Crippen molar-refractivity contribution < 1.29 is 13.9 Å². The van der Waals surface area contributed by atoms with Crippen LogP contribution < -0.4 is 10.2 Å². The molecule has 2 heterocycles. The molecule has 2 aliphatic rings. The van der Waals surface area contributed by atoms with Crippen molar-refractivity contribution in [1.82, 2.24) is 5.32 Å². The lowest BCUT2D eigenvalue weighted by atomic mass is 9.94. The van der Waals surface area contributed by atoms with Crippen molar-refractivity contribution in [2.24, 2.45) is 0 Å². The first-order valence-corrected chi connectivity index (χ1v) is 9.45. The summed E-state index contributed by atoms with van der Waals surface area (Å²) in [6, 6.07) is 7.05. The zero-order chi connectivity index (χ0) is 19.4. The van der Waals surface area contributed by atoms with E-state index in [4.69, 9.17) is 22.2 Å². The molecule has 2 saturated heterocycles. The largest absolute Gasteiger partial charge is 0.461 e. The molecule has 2 aliphatic heterocycles. The molecule has 142 valence electrons. The van der Waals surface area contributed by atoms with Crippen LogP contribution in [0.5, 0.6) is 0 Å². The molecule has 2 fully saturated rings. The third-order valence-electron chi connectivity index (χ3n) is 5.15. The highest BCUT2D eigenvalue weighted by molar-refractivity contribution is 7.80. The lowest BCUT2D eigenvalue weighted by Gasteiger charge is -2.30. The van der Waals surface area contributed by atoms with Crippen LogP contribution in [0, 0.1) is 17.1 Å². The number of halogens is 1. The second-order valence-electron chi connectivity index (χ2n) is 6.85. The number of hydrogen-bond donors (Lipinski definition) is 1. The first kappa shape index (κ1) is 19.3. The van der Waals surface area contributed by atoms with E-state index < -0.39 is 5.92 Å². The monoisotopic (exact) mass is 387 g/mol. The fourth-order valence-electron chi connectivity index (χ4n) is 3.63. The van der Waals surface area contributed by atoms with Gasteiger partial charge in [-0.15, -0.1) is 0 Å². The van der Waals surface area contributed by atoms with Crippen molar-refractivity contribution >= 4 is 28.9 Å². The third-order valence-corrected chi connectivity index (χ3v) is 5.52. The van der Waals surface area contributed by atoms with Crippen molar-refractivity contribution in [3.8, 4) is 6.07 Å². The highest BCUT2D eigenvalue weighted by Gasteiger charge is 2.36. The van der Waals surface area contributed by atoms with E-state index in [1.54, 1.807) is 19.2 Å². The van der Waals surface area contributed by atoms with Crippen molar-refractivity contribution in [3.05, 3.63) is 41.2 Å². The molecule has 1 unspecified atom stereocenters. The van der Waals surface area contributed by atoms with Crippen LogP contribution in [0.15, 0.2) is 29.8 Å². The number of carbonyl (C=O) groups excluding carboxylic acids is 1. The van der Waals surface area contributed by atoms with Crippen LogP contribution in [0.3, 0.4) is 0 Å². The van der Waals surface area contributed by atoms with Gasteiger partial charge in [-0.2, -0.15) is 5.26 Å². The Labute approximate surface area is 163 Å². The van der Waals surface area contributed by atoms with Gasteiger partial charge < -0.3 is 15.0 Å². The van der Waals surface area contributed by atoms with Gasteiger partial charge in [-0.05, 0) is 30.5 Å². The van der Waals surface area contributed by atoms with Crippen LogP contribution in [-0.4, -0.2) is 37.2 Å². The van der Waals surface area contributed by atoms with Crippen LogP contribution >= 0.6 is 12.2 Å². The van der Waals surface area contributed by atoms with Gasteiger partial charge in [0.25, 0.3) is 0 Å². The maximum absolute atomic E-state index is 14.7. The number of esters is 1. The molecule has 1 aromatic carbocycles. The molecule has 0 saturated carbocycles. The molecular weight excluding hydrogens is 365 g/mol. The van der Waals surface area contributed by atoms with Crippen LogP contribution in [0.1, 0.15) is 37.2 Å². The molecule has 7 heteroatoms. The summed E-state index contributed by atoms with van der Waals surface area (Å²) in [7, 11) is 1.74. The minimum absolute atomic E-state index is 0.266. The maximum Gasteiger partial charge on any atom is 0.313 e. The van der Waals surface area contributed by atoms with Gasteiger partial charge in [-0.25, -0.2) is 4.39 Å². The summed E-state index contributed by atoms with van der Waals surface area (Å²) in [6.45, 7) is 1.36. The fraction of sp³-hybridized carbons (Fsp3) is 0.450. The minimum atomic E-state index is -0.454. The first-order valence-electron chi connectivity index (χ1n) is 9.04. The average Bonchev–Trinajstić information content (AvgIpc) is 3.02. The number of anilines is 1. The maximum atomic E-state index is 14.7. The number of rotatable bonds is 4. The Morgan fingerprint density at radius 3 is 2.85 bits per heavy atom. The Morgan fingerprint density at radius 2 is 2.22 bits per heavy atom. The van der Waals surface area contributed by atoms with Crippen LogP contribution in [0.4, 0.5) is 10.1 Å². The van der Waals surface area contributed by atoms with E-state index in [1.807, 2.05) is 11.0 Å². The Bertz CT molecular complexity index is 808. The van der Waals surface area contributed by atoms with Crippen LogP contribution in [0.2, 0.25) is 0 Å². The van der Waals surface area contributed by atoms with Gasteiger partial charge in [0.15, 0.2) is 0 Å². The molecule has 0 amide bonds. The lowest BCUT2D eigenvalue weighted by Crippen LogP contribution is -2.31. The van der Waals surface area contributed by atoms with Gasteiger partial charge in [-0.1, -0.05) is 23.9 Å². The number of hydrogen-bond acceptors (Lipinski definition) is 5. The SMILES string of the molecule is CNC(=S)C[C@@H]1CC(c2ccc(N3CCC(=CC#N)CC3)c(F)c2)C(=O)O1. The zero-order valence-corrected chi connectivity index (χ0v) is 16.0. The molecule has 0 aromatic heterocycles. The Kier molecular flexibility index (Phi) is 6.07.